The van der Waals surface area contributed by atoms with Gasteiger partial charge in [0.15, 0.2) is 0 Å². The zero-order valence-electron chi connectivity index (χ0n) is 10.8. The molecule has 0 unspecified atom stereocenters. The topological polar surface area (TPSA) is 38.5 Å². The molecule has 0 amide bonds. The Balaban J connectivity index is 2.81. The van der Waals surface area contributed by atoms with Gasteiger partial charge in [-0.05, 0) is 6.42 Å². The molecule has 0 aliphatic heterocycles. The van der Waals surface area contributed by atoms with Gasteiger partial charge >= 0.3 is 0 Å². The summed E-state index contributed by atoms with van der Waals surface area (Å²) in [5, 5.41) is 0. The normalized spacial score (nSPS) is 10.4. The first kappa shape index (κ1) is 13.6. The lowest BCUT2D eigenvalue weighted by Gasteiger charge is -2.21. The summed E-state index contributed by atoms with van der Waals surface area (Å²) in [4.78, 5) is 1.90. The zero-order valence-corrected chi connectivity index (χ0v) is 10.8. The summed E-state index contributed by atoms with van der Waals surface area (Å²) < 4.78 is 18.8. The number of halogens is 1. The lowest BCUT2D eigenvalue weighted by Crippen LogP contribution is -2.20. The Labute approximate surface area is 102 Å². The average Bonchev–Trinajstić information content (AvgIpc) is 2.29. The zero-order chi connectivity index (χ0) is 12.8. The number of nitrogen functional groups attached to an aromatic ring is 1. The van der Waals surface area contributed by atoms with Crippen LogP contribution in [0.5, 0.6) is 5.75 Å². The van der Waals surface area contributed by atoms with Gasteiger partial charge in [-0.15, -0.1) is 0 Å². The fourth-order valence-electron chi connectivity index (χ4n) is 1.75. The number of benzene rings is 1. The number of unbranched alkanes of at least 4 members (excludes halogenated alkanes) is 2. The van der Waals surface area contributed by atoms with E-state index in [9.17, 15) is 4.39 Å². The first-order valence-corrected chi connectivity index (χ1v) is 5.94. The third-order valence-electron chi connectivity index (χ3n) is 2.81. The Morgan fingerprint density at radius 1 is 1.35 bits per heavy atom. The van der Waals surface area contributed by atoms with Gasteiger partial charge in [0.05, 0.1) is 18.5 Å². The van der Waals surface area contributed by atoms with E-state index in [0.717, 1.165) is 25.8 Å². The van der Waals surface area contributed by atoms with Crippen molar-refractivity contribution in [3.8, 4) is 5.75 Å². The number of hydrogen-bond acceptors (Lipinski definition) is 3. The molecule has 1 aromatic rings. The molecular formula is C13H21FN2O. The highest BCUT2D eigenvalue weighted by Crippen LogP contribution is 2.30. The summed E-state index contributed by atoms with van der Waals surface area (Å²) in [6, 6.07) is 2.96. The highest BCUT2D eigenvalue weighted by molar-refractivity contribution is 5.63. The summed E-state index contributed by atoms with van der Waals surface area (Å²) in [7, 11) is 3.41. The van der Waals surface area contributed by atoms with Crippen LogP contribution in [0.15, 0.2) is 12.1 Å². The molecule has 0 aliphatic rings. The van der Waals surface area contributed by atoms with Crippen molar-refractivity contribution in [2.24, 2.45) is 0 Å². The molecule has 17 heavy (non-hydrogen) atoms. The molecule has 3 nitrogen and oxygen atoms in total. The molecule has 0 saturated heterocycles. The minimum atomic E-state index is -0.303. The molecule has 1 rings (SSSR count). The van der Waals surface area contributed by atoms with Crippen molar-refractivity contribution in [3.63, 3.8) is 0 Å². The lowest BCUT2D eigenvalue weighted by atomic mass is 10.2. The fourth-order valence-corrected chi connectivity index (χ4v) is 1.75. The highest BCUT2D eigenvalue weighted by atomic mass is 19.1. The van der Waals surface area contributed by atoms with E-state index in [-0.39, 0.29) is 5.82 Å². The largest absolute Gasteiger partial charge is 0.495 e. The standard InChI is InChI=1S/C13H21FN2O/c1-4-5-6-7-16(2)12-9-13(17-3)11(15)8-10(12)14/h8-9H,4-7,15H2,1-3H3. The smallest absolute Gasteiger partial charge is 0.148 e. The van der Waals surface area contributed by atoms with Crippen LogP contribution in [0.4, 0.5) is 15.8 Å². The maximum absolute atomic E-state index is 13.7. The van der Waals surface area contributed by atoms with Crippen molar-refractivity contribution in [1.82, 2.24) is 0 Å². The Morgan fingerprint density at radius 3 is 2.65 bits per heavy atom. The van der Waals surface area contributed by atoms with E-state index in [1.54, 1.807) is 6.07 Å². The molecular weight excluding hydrogens is 219 g/mol. The number of rotatable bonds is 6. The highest BCUT2D eigenvalue weighted by Gasteiger charge is 2.11. The Kier molecular flexibility index (Phi) is 5.07. The molecule has 2 N–H and O–H groups in total. The molecule has 0 aromatic heterocycles. The van der Waals surface area contributed by atoms with Crippen molar-refractivity contribution in [3.05, 3.63) is 17.9 Å². The van der Waals surface area contributed by atoms with Gasteiger partial charge in [-0.3, -0.25) is 0 Å². The summed E-state index contributed by atoms with van der Waals surface area (Å²) in [5.41, 5.74) is 6.50. The molecule has 4 heteroatoms. The SMILES string of the molecule is CCCCCN(C)c1cc(OC)c(N)cc1F. The Bertz CT molecular complexity index is 369. The van der Waals surface area contributed by atoms with Crippen molar-refractivity contribution in [2.75, 3.05) is 31.3 Å². The van der Waals surface area contributed by atoms with Crippen molar-refractivity contribution in [1.29, 1.82) is 0 Å². The Morgan fingerprint density at radius 2 is 2.06 bits per heavy atom. The van der Waals surface area contributed by atoms with Crippen LogP contribution in [-0.2, 0) is 0 Å². The second-order valence-corrected chi connectivity index (χ2v) is 4.17. The number of hydrogen-bond donors (Lipinski definition) is 1. The van der Waals surface area contributed by atoms with Crippen LogP contribution < -0.4 is 15.4 Å². The lowest BCUT2D eigenvalue weighted by molar-refractivity contribution is 0.416. The van der Waals surface area contributed by atoms with Gasteiger partial charge in [0.1, 0.15) is 11.6 Å². The molecule has 0 fully saturated rings. The summed E-state index contributed by atoms with van der Waals surface area (Å²) in [6.45, 7) is 2.98. The van der Waals surface area contributed by atoms with Crippen molar-refractivity contribution in [2.45, 2.75) is 26.2 Å². The monoisotopic (exact) mass is 240 g/mol. The van der Waals surface area contributed by atoms with Gasteiger partial charge < -0.3 is 15.4 Å². The minimum absolute atomic E-state index is 0.303. The second kappa shape index (κ2) is 6.33. The molecule has 1 aromatic carbocycles. The van der Waals surface area contributed by atoms with Gasteiger partial charge in [0, 0.05) is 25.7 Å². The second-order valence-electron chi connectivity index (χ2n) is 4.17. The molecule has 0 heterocycles. The van der Waals surface area contributed by atoms with Crippen LogP contribution in [0.1, 0.15) is 26.2 Å². The Hall–Kier alpha value is -1.45. The maximum atomic E-state index is 13.7. The van der Waals surface area contributed by atoms with E-state index in [1.807, 2.05) is 11.9 Å². The van der Waals surface area contributed by atoms with Crippen molar-refractivity contribution < 1.29 is 9.13 Å². The van der Waals surface area contributed by atoms with Crippen LogP contribution in [0.3, 0.4) is 0 Å². The van der Waals surface area contributed by atoms with E-state index in [1.165, 1.54) is 13.2 Å². The first-order chi connectivity index (χ1) is 8.10. The first-order valence-electron chi connectivity index (χ1n) is 5.94. The molecule has 0 bridgehead atoms. The van der Waals surface area contributed by atoms with E-state index < -0.39 is 0 Å². The number of anilines is 2. The van der Waals surface area contributed by atoms with Crippen LogP contribution in [0, 0.1) is 5.82 Å². The predicted octanol–water partition coefficient (Wildman–Crippen LogP) is 3.04. The van der Waals surface area contributed by atoms with E-state index in [0.29, 0.717) is 17.1 Å². The van der Waals surface area contributed by atoms with Crippen LogP contribution in [-0.4, -0.2) is 20.7 Å². The van der Waals surface area contributed by atoms with Gasteiger partial charge in [0.25, 0.3) is 0 Å². The summed E-state index contributed by atoms with van der Waals surface area (Å²) >= 11 is 0. The van der Waals surface area contributed by atoms with Gasteiger partial charge in [-0.2, -0.15) is 0 Å². The van der Waals surface area contributed by atoms with Gasteiger partial charge in [0.2, 0.25) is 0 Å². The van der Waals surface area contributed by atoms with Gasteiger partial charge in [-0.1, -0.05) is 19.8 Å². The van der Waals surface area contributed by atoms with Crippen LogP contribution in [0.2, 0.25) is 0 Å². The number of nitrogens with two attached hydrogens (primary N) is 1. The maximum Gasteiger partial charge on any atom is 0.148 e. The molecule has 0 radical (unpaired) electrons. The third kappa shape index (κ3) is 3.51. The molecule has 0 saturated carbocycles. The van der Waals surface area contributed by atoms with Crippen molar-refractivity contribution >= 4 is 11.4 Å². The van der Waals surface area contributed by atoms with E-state index in [2.05, 4.69) is 6.92 Å². The van der Waals surface area contributed by atoms with Crippen LogP contribution in [0.25, 0.3) is 0 Å². The minimum Gasteiger partial charge on any atom is -0.495 e. The molecule has 0 spiro atoms. The fraction of sp³-hybridized carbons (Fsp3) is 0.538. The van der Waals surface area contributed by atoms with Gasteiger partial charge in [-0.25, -0.2) is 4.39 Å². The average molecular weight is 240 g/mol. The molecule has 0 atom stereocenters. The third-order valence-corrected chi connectivity index (χ3v) is 2.81. The molecule has 96 valence electrons. The van der Waals surface area contributed by atoms with E-state index >= 15 is 0 Å². The van der Waals surface area contributed by atoms with E-state index in [4.69, 9.17) is 10.5 Å². The number of nitrogens with zero attached hydrogens (tertiary/aromatic N) is 1. The summed E-state index contributed by atoms with van der Waals surface area (Å²) in [5.74, 6) is 0.214. The quantitative estimate of drug-likeness (QED) is 0.613. The molecule has 0 aliphatic carbocycles. The van der Waals surface area contributed by atoms with Crippen LogP contribution >= 0.6 is 0 Å². The number of methoxy groups -OCH3 is 1. The summed E-state index contributed by atoms with van der Waals surface area (Å²) in [6.07, 6.45) is 3.36. The predicted molar refractivity (Wildman–Crippen MR) is 70.2 cm³/mol. The number of ether oxygens (including phenoxy) is 1.